The molecule has 0 atom stereocenters. The number of hydrogen-bond donors (Lipinski definition) is 1. The average molecular weight is 349 g/mol. The molecular weight excluding hydrogens is 334 g/mol. The lowest BCUT2D eigenvalue weighted by Crippen LogP contribution is -2.14. The maximum absolute atomic E-state index is 5.48. The van der Waals surface area contributed by atoms with E-state index in [0.29, 0.717) is 0 Å². The summed E-state index contributed by atoms with van der Waals surface area (Å²) in [5.74, 6) is 0.958. The van der Waals surface area contributed by atoms with Crippen molar-refractivity contribution in [3.63, 3.8) is 0 Å². The first-order valence-electron chi connectivity index (χ1n) is 5.58. The highest BCUT2D eigenvalue weighted by molar-refractivity contribution is 9.13. The van der Waals surface area contributed by atoms with Gasteiger partial charge in [-0.3, -0.25) is 0 Å². The molecule has 2 rings (SSSR count). The average Bonchev–Trinajstić information content (AvgIpc) is 2.85. The standard InChI is InChI=1S/C12H15Br2NO/c13-11-7-10(16-12(11)14)8-15-6-5-9-3-1-2-4-9/h3,7,15H,1-2,4-6,8H2. The van der Waals surface area contributed by atoms with Crippen molar-refractivity contribution in [2.24, 2.45) is 0 Å². The molecule has 0 saturated carbocycles. The van der Waals surface area contributed by atoms with Crippen LogP contribution in [-0.4, -0.2) is 6.54 Å². The minimum Gasteiger partial charge on any atom is -0.452 e. The van der Waals surface area contributed by atoms with Crippen molar-refractivity contribution < 1.29 is 4.42 Å². The van der Waals surface area contributed by atoms with E-state index in [0.717, 1.165) is 28.0 Å². The zero-order valence-corrected chi connectivity index (χ0v) is 12.2. The van der Waals surface area contributed by atoms with Crippen molar-refractivity contribution in [2.45, 2.75) is 32.2 Å². The van der Waals surface area contributed by atoms with Gasteiger partial charge in [0.05, 0.1) is 11.0 Å². The normalized spacial score (nSPS) is 15.5. The summed E-state index contributed by atoms with van der Waals surface area (Å²) >= 11 is 6.73. The van der Waals surface area contributed by atoms with E-state index in [4.69, 9.17) is 4.42 Å². The highest BCUT2D eigenvalue weighted by Gasteiger charge is 2.06. The molecule has 2 nitrogen and oxygen atoms in total. The maximum Gasteiger partial charge on any atom is 0.183 e. The number of nitrogens with one attached hydrogen (secondary N) is 1. The summed E-state index contributed by atoms with van der Waals surface area (Å²) in [5.41, 5.74) is 1.61. The molecule has 16 heavy (non-hydrogen) atoms. The van der Waals surface area contributed by atoms with E-state index >= 15 is 0 Å². The van der Waals surface area contributed by atoms with Gasteiger partial charge in [-0.15, -0.1) is 0 Å². The third-order valence-electron chi connectivity index (χ3n) is 2.75. The van der Waals surface area contributed by atoms with Gasteiger partial charge in [-0.2, -0.15) is 0 Å². The van der Waals surface area contributed by atoms with Crippen LogP contribution in [0.15, 0.2) is 31.3 Å². The van der Waals surface area contributed by atoms with E-state index in [1.54, 1.807) is 5.57 Å². The fourth-order valence-corrected chi connectivity index (χ4v) is 2.56. The first-order valence-corrected chi connectivity index (χ1v) is 7.16. The first-order chi connectivity index (χ1) is 7.75. The summed E-state index contributed by atoms with van der Waals surface area (Å²) in [6, 6.07) is 1.99. The van der Waals surface area contributed by atoms with Crippen LogP contribution in [0.5, 0.6) is 0 Å². The van der Waals surface area contributed by atoms with E-state index in [1.165, 1.54) is 25.7 Å². The summed E-state index contributed by atoms with van der Waals surface area (Å²) < 4.78 is 7.22. The zero-order chi connectivity index (χ0) is 11.4. The molecule has 1 aliphatic carbocycles. The van der Waals surface area contributed by atoms with Crippen LogP contribution in [0, 0.1) is 0 Å². The number of hydrogen-bond acceptors (Lipinski definition) is 2. The van der Waals surface area contributed by atoms with Crippen LogP contribution in [0.3, 0.4) is 0 Å². The smallest absolute Gasteiger partial charge is 0.183 e. The van der Waals surface area contributed by atoms with Gasteiger partial charge < -0.3 is 9.73 Å². The highest BCUT2D eigenvalue weighted by atomic mass is 79.9. The summed E-state index contributed by atoms with van der Waals surface area (Å²) in [4.78, 5) is 0. The Morgan fingerprint density at radius 2 is 2.25 bits per heavy atom. The molecule has 0 aromatic carbocycles. The summed E-state index contributed by atoms with van der Waals surface area (Å²) in [5, 5.41) is 3.39. The Labute approximate surface area is 113 Å². The SMILES string of the molecule is Brc1cc(CNCCC2=CCCC2)oc1Br. The van der Waals surface area contributed by atoms with Crippen LogP contribution in [0.2, 0.25) is 0 Å². The third-order valence-corrected chi connectivity index (χ3v) is 4.46. The van der Waals surface area contributed by atoms with Crippen molar-refractivity contribution in [1.29, 1.82) is 0 Å². The Balaban J connectivity index is 1.67. The number of allylic oxidation sites excluding steroid dienone is 1. The maximum atomic E-state index is 5.48. The molecular formula is C12H15Br2NO. The molecule has 1 aromatic heterocycles. The lowest BCUT2D eigenvalue weighted by atomic mass is 10.2. The van der Waals surface area contributed by atoms with Crippen LogP contribution in [0.25, 0.3) is 0 Å². The fraction of sp³-hybridized carbons (Fsp3) is 0.500. The summed E-state index contributed by atoms with van der Waals surface area (Å²) in [6.45, 7) is 1.82. The highest BCUT2D eigenvalue weighted by Crippen LogP contribution is 2.26. The monoisotopic (exact) mass is 347 g/mol. The fourth-order valence-electron chi connectivity index (χ4n) is 1.90. The van der Waals surface area contributed by atoms with Gasteiger partial charge in [-0.25, -0.2) is 0 Å². The second-order valence-corrected chi connectivity index (χ2v) is 5.59. The van der Waals surface area contributed by atoms with Crippen LogP contribution in [-0.2, 0) is 6.54 Å². The number of rotatable bonds is 5. The van der Waals surface area contributed by atoms with Crippen molar-refractivity contribution in [3.05, 3.63) is 32.6 Å². The molecule has 88 valence electrons. The van der Waals surface area contributed by atoms with Gasteiger partial charge in [0, 0.05) is 0 Å². The molecule has 0 unspecified atom stereocenters. The molecule has 4 heteroatoms. The minimum absolute atomic E-state index is 0.766. The Morgan fingerprint density at radius 3 is 2.88 bits per heavy atom. The van der Waals surface area contributed by atoms with Crippen molar-refractivity contribution >= 4 is 31.9 Å². The second kappa shape index (κ2) is 6.03. The van der Waals surface area contributed by atoms with Crippen LogP contribution >= 0.6 is 31.9 Å². The Kier molecular flexibility index (Phi) is 4.67. The summed E-state index contributed by atoms with van der Waals surface area (Å²) in [6.07, 6.45) is 7.45. The van der Waals surface area contributed by atoms with Gasteiger partial charge in [0.2, 0.25) is 0 Å². The lowest BCUT2D eigenvalue weighted by molar-refractivity contribution is 0.465. The van der Waals surface area contributed by atoms with Crippen molar-refractivity contribution in [1.82, 2.24) is 5.32 Å². The van der Waals surface area contributed by atoms with Crippen LogP contribution in [0.4, 0.5) is 0 Å². The molecule has 0 spiro atoms. The van der Waals surface area contributed by atoms with Crippen molar-refractivity contribution in [2.75, 3.05) is 6.54 Å². The Hall–Kier alpha value is -0.0600. The number of furan rings is 1. The van der Waals surface area contributed by atoms with Gasteiger partial charge in [-0.1, -0.05) is 11.6 Å². The molecule has 1 heterocycles. The first kappa shape index (κ1) is 12.4. The lowest BCUT2D eigenvalue weighted by Gasteiger charge is -2.03. The Bertz CT molecular complexity index is 365. The van der Waals surface area contributed by atoms with Gasteiger partial charge in [-0.05, 0) is 70.2 Å². The van der Waals surface area contributed by atoms with E-state index in [9.17, 15) is 0 Å². The molecule has 0 aliphatic heterocycles. The quantitative estimate of drug-likeness (QED) is 0.630. The molecule has 0 amide bonds. The second-order valence-electron chi connectivity index (χ2n) is 4.02. The van der Waals surface area contributed by atoms with Gasteiger partial charge in [0.25, 0.3) is 0 Å². The molecule has 0 fully saturated rings. The predicted octanol–water partition coefficient (Wildman–Crippen LogP) is 4.39. The van der Waals surface area contributed by atoms with E-state index in [2.05, 4.69) is 43.3 Å². The predicted molar refractivity (Wildman–Crippen MR) is 72.4 cm³/mol. The van der Waals surface area contributed by atoms with Gasteiger partial charge in [0.15, 0.2) is 4.67 Å². The van der Waals surface area contributed by atoms with E-state index in [-0.39, 0.29) is 0 Å². The topological polar surface area (TPSA) is 25.2 Å². The molecule has 0 saturated heterocycles. The molecule has 0 bridgehead atoms. The molecule has 0 radical (unpaired) electrons. The van der Waals surface area contributed by atoms with E-state index < -0.39 is 0 Å². The molecule has 1 aliphatic rings. The molecule has 1 N–H and O–H groups in total. The van der Waals surface area contributed by atoms with E-state index in [1.807, 2.05) is 6.07 Å². The zero-order valence-electron chi connectivity index (χ0n) is 9.06. The van der Waals surface area contributed by atoms with Crippen molar-refractivity contribution in [3.8, 4) is 0 Å². The Morgan fingerprint density at radius 1 is 1.38 bits per heavy atom. The third kappa shape index (κ3) is 3.47. The number of halogens is 2. The molecule has 1 aromatic rings. The van der Waals surface area contributed by atoms with Gasteiger partial charge in [0.1, 0.15) is 5.76 Å². The summed E-state index contributed by atoms with van der Waals surface area (Å²) in [7, 11) is 0. The van der Waals surface area contributed by atoms with Gasteiger partial charge >= 0.3 is 0 Å². The van der Waals surface area contributed by atoms with Crippen LogP contribution in [0.1, 0.15) is 31.4 Å². The largest absolute Gasteiger partial charge is 0.452 e. The minimum atomic E-state index is 0.766. The van der Waals surface area contributed by atoms with Crippen LogP contribution < -0.4 is 5.32 Å².